The van der Waals surface area contributed by atoms with Crippen LogP contribution in [-0.2, 0) is 4.74 Å². The Bertz CT molecular complexity index is 707. The summed E-state index contributed by atoms with van der Waals surface area (Å²) in [7, 11) is 0. The van der Waals surface area contributed by atoms with Crippen molar-refractivity contribution in [1.29, 1.82) is 0 Å². The lowest BCUT2D eigenvalue weighted by molar-refractivity contribution is 0.0527. The van der Waals surface area contributed by atoms with Crippen LogP contribution < -0.4 is 5.32 Å². The molecule has 1 N–H and O–H groups in total. The summed E-state index contributed by atoms with van der Waals surface area (Å²) in [6, 6.07) is 7.25. The van der Waals surface area contributed by atoms with Gasteiger partial charge in [0.1, 0.15) is 5.00 Å². The Labute approximate surface area is 147 Å². The van der Waals surface area contributed by atoms with Gasteiger partial charge in [-0.25, -0.2) is 4.79 Å². The third-order valence-electron chi connectivity index (χ3n) is 3.20. The summed E-state index contributed by atoms with van der Waals surface area (Å²) in [4.78, 5) is 25.4. The molecule has 2 rings (SSSR count). The summed E-state index contributed by atoms with van der Waals surface area (Å²) < 4.78 is 6.14. The molecule has 4 nitrogen and oxygen atoms in total. The first-order chi connectivity index (χ1) is 10.4. The van der Waals surface area contributed by atoms with Gasteiger partial charge in [-0.15, -0.1) is 11.3 Å². The van der Waals surface area contributed by atoms with E-state index >= 15 is 0 Å². The lowest BCUT2D eigenvalue weighted by Crippen LogP contribution is -2.14. The van der Waals surface area contributed by atoms with Gasteiger partial charge in [0, 0.05) is 14.0 Å². The number of hydrogen-bond acceptors (Lipinski definition) is 4. The lowest BCUT2D eigenvalue weighted by atomic mass is 10.1. The fraction of sp³-hybridized carbons (Fsp3) is 0.250. The molecule has 2 aromatic rings. The van der Waals surface area contributed by atoms with Crippen molar-refractivity contribution in [2.45, 2.75) is 20.8 Å². The maximum atomic E-state index is 12.3. The lowest BCUT2D eigenvalue weighted by Gasteiger charge is -2.07. The van der Waals surface area contributed by atoms with Crippen LogP contribution in [0, 0.1) is 17.4 Å². The van der Waals surface area contributed by atoms with E-state index in [-0.39, 0.29) is 5.91 Å². The van der Waals surface area contributed by atoms with E-state index in [1.165, 1.54) is 11.3 Å². The highest BCUT2D eigenvalue weighted by molar-refractivity contribution is 14.1. The number of anilines is 1. The molecule has 116 valence electrons. The smallest absolute Gasteiger partial charge is 0.341 e. The van der Waals surface area contributed by atoms with Crippen molar-refractivity contribution in [3.05, 3.63) is 49.4 Å². The van der Waals surface area contributed by atoms with E-state index in [2.05, 4.69) is 27.9 Å². The molecular weight excluding hydrogens is 413 g/mol. The number of rotatable bonds is 4. The number of carbonyl (C=O) groups excluding carboxylic acids is 2. The molecule has 0 saturated heterocycles. The van der Waals surface area contributed by atoms with Gasteiger partial charge in [-0.2, -0.15) is 0 Å². The molecule has 0 spiro atoms. The van der Waals surface area contributed by atoms with Gasteiger partial charge < -0.3 is 10.1 Å². The van der Waals surface area contributed by atoms with Crippen LogP contribution in [0.25, 0.3) is 0 Å². The molecule has 1 aromatic heterocycles. The van der Waals surface area contributed by atoms with Crippen molar-refractivity contribution in [3.63, 3.8) is 0 Å². The summed E-state index contributed by atoms with van der Waals surface area (Å²) in [5.74, 6) is -0.634. The predicted octanol–water partition coefficient (Wildman–Crippen LogP) is 4.40. The molecule has 0 bridgehead atoms. The zero-order valence-electron chi connectivity index (χ0n) is 12.5. The third kappa shape index (κ3) is 3.67. The second kappa shape index (κ2) is 7.23. The highest BCUT2D eigenvalue weighted by Gasteiger charge is 2.22. The fourth-order valence-electron chi connectivity index (χ4n) is 1.94. The Balaban J connectivity index is 2.29. The molecule has 0 fully saturated rings. The Hall–Kier alpha value is -1.41. The van der Waals surface area contributed by atoms with Gasteiger partial charge in [-0.3, -0.25) is 4.79 Å². The summed E-state index contributed by atoms with van der Waals surface area (Å²) in [6.07, 6.45) is 0. The van der Waals surface area contributed by atoms with E-state index < -0.39 is 5.97 Å². The monoisotopic (exact) mass is 429 g/mol. The molecule has 0 radical (unpaired) electrons. The van der Waals surface area contributed by atoms with Crippen molar-refractivity contribution < 1.29 is 14.3 Å². The molecule has 0 unspecified atom stereocenters. The standard InChI is InChI=1S/C16H16INO3S/c1-4-21-16(20)13-9(2)10(3)22-15(13)18-14(19)11-5-7-12(17)8-6-11/h5-8H,4H2,1-3H3,(H,18,19). The maximum Gasteiger partial charge on any atom is 0.341 e. The number of carbonyl (C=O) groups is 2. The third-order valence-corrected chi connectivity index (χ3v) is 5.04. The number of amides is 1. The summed E-state index contributed by atoms with van der Waals surface area (Å²) in [5.41, 5.74) is 1.85. The van der Waals surface area contributed by atoms with E-state index in [0.717, 1.165) is 14.0 Å². The summed E-state index contributed by atoms with van der Waals surface area (Å²) >= 11 is 3.57. The van der Waals surface area contributed by atoms with Gasteiger partial charge in [0.05, 0.1) is 12.2 Å². The zero-order valence-corrected chi connectivity index (χ0v) is 15.5. The van der Waals surface area contributed by atoms with Crippen LogP contribution >= 0.6 is 33.9 Å². The van der Waals surface area contributed by atoms with Crippen LogP contribution in [0.4, 0.5) is 5.00 Å². The molecule has 0 atom stereocenters. The van der Waals surface area contributed by atoms with E-state index in [0.29, 0.717) is 22.7 Å². The molecule has 6 heteroatoms. The molecule has 0 aliphatic rings. The van der Waals surface area contributed by atoms with Gasteiger partial charge in [0.15, 0.2) is 0 Å². The summed E-state index contributed by atoms with van der Waals surface area (Å²) in [5, 5.41) is 3.36. The predicted molar refractivity (Wildman–Crippen MR) is 96.9 cm³/mol. The van der Waals surface area contributed by atoms with Crippen molar-refractivity contribution in [2.75, 3.05) is 11.9 Å². The van der Waals surface area contributed by atoms with Crippen molar-refractivity contribution in [3.8, 4) is 0 Å². The number of halogens is 1. The van der Waals surface area contributed by atoms with Crippen molar-refractivity contribution in [2.24, 2.45) is 0 Å². The number of esters is 1. The Kier molecular flexibility index (Phi) is 5.57. The molecule has 22 heavy (non-hydrogen) atoms. The van der Waals surface area contributed by atoms with Crippen LogP contribution in [-0.4, -0.2) is 18.5 Å². The van der Waals surface area contributed by atoms with E-state index in [1.807, 2.05) is 26.0 Å². The van der Waals surface area contributed by atoms with Crippen molar-refractivity contribution >= 4 is 50.8 Å². The molecule has 1 amide bonds. The fourth-order valence-corrected chi connectivity index (χ4v) is 3.34. The van der Waals surface area contributed by atoms with Gasteiger partial charge >= 0.3 is 5.97 Å². The van der Waals surface area contributed by atoms with Gasteiger partial charge in [-0.1, -0.05) is 0 Å². The first-order valence-electron chi connectivity index (χ1n) is 6.78. The quantitative estimate of drug-likeness (QED) is 0.579. The second-order valence-corrected chi connectivity index (χ2v) is 7.14. The van der Waals surface area contributed by atoms with Gasteiger partial charge in [0.25, 0.3) is 5.91 Å². The van der Waals surface area contributed by atoms with Crippen molar-refractivity contribution in [1.82, 2.24) is 0 Å². The average Bonchev–Trinajstić information content (AvgIpc) is 2.74. The van der Waals surface area contributed by atoms with E-state index in [9.17, 15) is 9.59 Å². The number of thiophene rings is 1. The molecule has 1 aromatic carbocycles. The van der Waals surface area contributed by atoms with Crippen LogP contribution in [0.5, 0.6) is 0 Å². The molecule has 0 aliphatic carbocycles. The minimum Gasteiger partial charge on any atom is -0.462 e. The molecule has 0 saturated carbocycles. The minimum atomic E-state index is -0.401. The van der Waals surface area contributed by atoms with Crippen LogP contribution in [0.1, 0.15) is 38.1 Å². The largest absolute Gasteiger partial charge is 0.462 e. The number of ether oxygens (including phenoxy) is 1. The Morgan fingerprint density at radius 2 is 1.86 bits per heavy atom. The summed E-state index contributed by atoms with van der Waals surface area (Å²) in [6.45, 7) is 5.84. The Morgan fingerprint density at radius 1 is 1.23 bits per heavy atom. The first kappa shape index (κ1) is 17.0. The normalized spacial score (nSPS) is 10.4. The maximum absolute atomic E-state index is 12.3. The van der Waals surface area contributed by atoms with E-state index in [1.54, 1.807) is 19.1 Å². The number of benzene rings is 1. The number of hydrogen-bond donors (Lipinski definition) is 1. The van der Waals surface area contributed by atoms with Gasteiger partial charge in [0.2, 0.25) is 0 Å². The number of aryl methyl sites for hydroxylation is 1. The zero-order chi connectivity index (χ0) is 16.3. The molecular formula is C16H16INO3S. The topological polar surface area (TPSA) is 55.4 Å². The average molecular weight is 429 g/mol. The highest BCUT2D eigenvalue weighted by Crippen LogP contribution is 2.33. The number of nitrogens with one attached hydrogen (secondary N) is 1. The molecule has 1 heterocycles. The molecule has 0 aliphatic heterocycles. The Morgan fingerprint density at radius 3 is 2.45 bits per heavy atom. The second-order valence-electron chi connectivity index (χ2n) is 4.67. The van der Waals surface area contributed by atoms with Crippen LogP contribution in [0.2, 0.25) is 0 Å². The van der Waals surface area contributed by atoms with Crippen LogP contribution in [0.15, 0.2) is 24.3 Å². The first-order valence-corrected chi connectivity index (χ1v) is 8.67. The van der Waals surface area contributed by atoms with E-state index in [4.69, 9.17) is 4.74 Å². The highest BCUT2D eigenvalue weighted by atomic mass is 127. The SMILES string of the molecule is CCOC(=O)c1c(NC(=O)c2ccc(I)cc2)sc(C)c1C. The van der Waals surface area contributed by atoms with Crippen LogP contribution in [0.3, 0.4) is 0 Å². The van der Waals surface area contributed by atoms with Gasteiger partial charge in [-0.05, 0) is 73.2 Å². The minimum absolute atomic E-state index is 0.233.